The van der Waals surface area contributed by atoms with Gasteiger partial charge in [-0.25, -0.2) is 0 Å². The van der Waals surface area contributed by atoms with Gasteiger partial charge in [-0.2, -0.15) is 5.10 Å². The lowest BCUT2D eigenvalue weighted by atomic mass is 9.89. The molecule has 1 aromatic heterocycles. The third-order valence-electron chi connectivity index (χ3n) is 8.10. The van der Waals surface area contributed by atoms with Gasteiger partial charge in [0, 0.05) is 36.3 Å². The number of carbonyl (C=O) groups excluding carboxylic acids is 3. The number of hydrogen-bond donors (Lipinski definition) is 3. The lowest BCUT2D eigenvalue weighted by Crippen LogP contribution is -2.52. The van der Waals surface area contributed by atoms with Gasteiger partial charge in [-0.05, 0) is 69.6 Å². The molecule has 0 radical (unpaired) electrons. The lowest BCUT2D eigenvalue weighted by Gasteiger charge is -2.30. The number of hydrogen-bond acceptors (Lipinski definition) is 5. The molecular formula is C28H37N5O3. The molecule has 0 bridgehead atoms. The number of aromatic amines is 1. The Morgan fingerprint density at radius 3 is 2.56 bits per heavy atom. The van der Waals surface area contributed by atoms with Crippen LogP contribution in [0.4, 0.5) is 0 Å². The van der Waals surface area contributed by atoms with E-state index in [1.54, 1.807) is 11.0 Å². The summed E-state index contributed by atoms with van der Waals surface area (Å²) in [5.74, 6) is -0.750. The summed E-state index contributed by atoms with van der Waals surface area (Å²) in [7, 11) is 0. The van der Waals surface area contributed by atoms with Crippen LogP contribution < -0.4 is 10.6 Å². The Morgan fingerprint density at radius 2 is 1.78 bits per heavy atom. The minimum atomic E-state index is -0.530. The van der Waals surface area contributed by atoms with Crippen LogP contribution in [0.25, 0.3) is 0 Å². The van der Waals surface area contributed by atoms with Gasteiger partial charge in [-0.15, -0.1) is 0 Å². The Labute approximate surface area is 212 Å². The molecule has 2 aromatic rings. The van der Waals surface area contributed by atoms with Crippen LogP contribution in [-0.2, 0) is 29.0 Å². The predicted molar refractivity (Wildman–Crippen MR) is 136 cm³/mol. The van der Waals surface area contributed by atoms with Crippen LogP contribution in [-0.4, -0.2) is 50.9 Å². The van der Waals surface area contributed by atoms with Crippen LogP contribution in [0.1, 0.15) is 89.8 Å². The largest absolute Gasteiger partial charge is 0.322 e. The summed E-state index contributed by atoms with van der Waals surface area (Å²) in [6, 6.07) is 6.60. The SMILES string of the molecule is Cc1[nH]nc2c1CC(NC1CCCCC1)CC2.Cc1ccc2c(c1)CN(C1CCC(=O)NC1=O)C2=O. The average molecular weight is 492 g/mol. The Hall–Kier alpha value is -3.00. The summed E-state index contributed by atoms with van der Waals surface area (Å²) < 4.78 is 0. The highest BCUT2D eigenvalue weighted by molar-refractivity contribution is 6.05. The van der Waals surface area contributed by atoms with Gasteiger partial charge in [0.05, 0.1) is 5.69 Å². The summed E-state index contributed by atoms with van der Waals surface area (Å²) in [5.41, 5.74) is 6.77. The van der Waals surface area contributed by atoms with E-state index in [0.717, 1.165) is 23.6 Å². The van der Waals surface area contributed by atoms with Crippen molar-refractivity contribution in [2.24, 2.45) is 0 Å². The molecule has 192 valence electrons. The fraction of sp³-hybridized carbons (Fsp3) is 0.571. The molecule has 8 nitrogen and oxygen atoms in total. The molecule has 2 aliphatic carbocycles. The summed E-state index contributed by atoms with van der Waals surface area (Å²) in [6.07, 6.45) is 11.3. The molecule has 1 aromatic carbocycles. The van der Waals surface area contributed by atoms with E-state index in [4.69, 9.17) is 0 Å². The lowest BCUT2D eigenvalue weighted by molar-refractivity contribution is -0.136. The Morgan fingerprint density at radius 1 is 0.972 bits per heavy atom. The van der Waals surface area contributed by atoms with Crippen LogP contribution in [0, 0.1) is 13.8 Å². The van der Waals surface area contributed by atoms with Gasteiger partial charge < -0.3 is 10.2 Å². The highest BCUT2D eigenvalue weighted by atomic mass is 16.2. The molecule has 3 N–H and O–H groups in total. The van der Waals surface area contributed by atoms with Crippen LogP contribution in [0.2, 0.25) is 0 Å². The van der Waals surface area contributed by atoms with Gasteiger partial charge in [-0.3, -0.25) is 24.8 Å². The normalized spacial score (nSPS) is 24.1. The molecule has 1 saturated carbocycles. The first-order valence-corrected chi connectivity index (χ1v) is 13.4. The molecule has 6 rings (SSSR count). The van der Waals surface area contributed by atoms with E-state index in [-0.39, 0.29) is 24.1 Å². The number of aromatic nitrogens is 2. The maximum atomic E-state index is 12.3. The van der Waals surface area contributed by atoms with E-state index in [0.29, 0.717) is 24.6 Å². The smallest absolute Gasteiger partial charge is 0.255 e. The minimum Gasteiger partial charge on any atom is -0.322 e. The number of amides is 3. The molecule has 8 heteroatoms. The van der Waals surface area contributed by atoms with Crippen molar-refractivity contribution < 1.29 is 14.4 Å². The van der Waals surface area contributed by atoms with Crippen molar-refractivity contribution in [3.8, 4) is 0 Å². The summed E-state index contributed by atoms with van der Waals surface area (Å²) in [5, 5.41) is 13.7. The predicted octanol–water partition coefficient (Wildman–Crippen LogP) is 3.25. The zero-order valence-corrected chi connectivity index (χ0v) is 21.4. The molecule has 1 saturated heterocycles. The maximum Gasteiger partial charge on any atom is 0.255 e. The van der Waals surface area contributed by atoms with Crippen LogP contribution in [0.5, 0.6) is 0 Å². The van der Waals surface area contributed by atoms with Crippen molar-refractivity contribution in [2.45, 2.75) is 103 Å². The molecule has 2 fully saturated rings. The van der Waals surface area contributed by atoms with E-state index < -0.39 is 6.04 Å². The second-order valence-electron chi connectivity index (χ2n) is 10.8. The van der Waals surface area contributed by atoms with Gasteiger partial charge in [0.2, 0.25) is 11.8 Å². The van der Waals surface area contributed by atoms with Gasteiger partial charge in [0.1, 0.15) is 6.04 Å². The van der Waals surface area contributed by atoms with Gasteiger partial charge >= 0.3 is 0 Å². The number of benzene rings is 1. The van der Waals surface area contributed by atoms with Crippen LogP contribution in [0.3, 0.4) is 0 Å². The monoisotopic (exact) mass is 491 g/mol. The standard InChI is InChI=1S/C14H23N3.C14H14N2O3/c1-10-13-9-12(7-8-14(13)17-16-10)15-11-5-3-2-4-6-11;1-8-2-3-10-9(6-8)7-16(14(10)19)11-4-5-12(17)15-13(11)18/h11-12,15H,2-9H2,1H3,(H,16,17);2-3,6,11H,4-5,7H2,1H3,(H,15,17,18). The number of piperidine rings is 1. The quantitative estimate of drug-likeness (QED) is 0.572. The second kappa shape index (κ2) is 10.5. The summed E-state index contributed by atoms with van der Waals surface area (Å²) in [6.45, 7) is 4.57. The van der Waals surface area contributed by atoms with Crippen LogP contribution in [0.15, 0.2) is 18.2 Å². The molecule has 0 spiro atoms. The van der Waals surface area contributed by atoms with Crippen molar-refractivity contribution >= 4 is 17.7 Å². The highest BCUT2D eigenvalue weighted by Gasteiger charge is 2.38. The van der Waals surface area contributed by atoms with Crippen molar-refractivity contribution in [1.82, 2.24) is 25.7 Å². The fourth-order valence-electron chi connectivity index (χ4n) is 6.09. The number of carbonyl (C=O) groups is 3. The summed E-state index contributed by atoms with van der Waals surface area (Å²) in [4.78, 5) is 36.8. The fourth-order valence-corrected chi connectivity index (χ4v) is 6.09. The van der Waals surface area contributed by atoms with Crippen molar-refractivity contribution in [3.05, 3.63) is 51.8 Å². The zero-order chi connectivity index (χ0) is 25.2. The number of fused-ring (bicyclic) bond motifs is 2. The minimum absolute atomic E-state index is 0.121. The number of imide groups is 1. The third-order valence-corrected chi connectivity index (χ3v) is 8.10. The number of aryl methyl sites for hydroxylation is 3. The highest BCUT2D eigenvalue weighted by Crippen LogP contribution is 2.28. The summed E-state index contributed by atoms with van der Waals surface area (Å²) >= 11 is 0. The van der Waals surface area contributed by atoms with Crippen LogP contribution >= 0.6 is 0 Å². The first-order valence-electron chi connectivity index (χ1n) is 13.4. The second-order valence-corrected chi connectivity index (χ2v) is 10.8. The number of nitrogens with zero attached hydrogens (tertiary/aromatic N) is 2. The number of nitrogens with one attached hydrogen (secondary N) is 3. The van der Waals surface area contributed by atoms with Gasteiger partial charge in [0.15, 0.2) is 0 Å². The molecule has 2 atom stereocenters. The Bertz CT molecular complexity index is 1150. The maximum absolute atomic E-state index is 12.3. The Balaban J connectivity index is 0.000000149. The van der Waals surface area contributed by atoms with Crippen molar-refractivity contribution in [1.29, 1.82) is 0 Å². The average Bonchev–Trinajstić information content (AvgIpc) is 3.39. The van der Waals surface area contributed by atoms with E-state index in [1.807, 2.05) is 19.1 Å². The van der Waals surface area contributed by atoms with Gasteiger partial charge in [-0.1, -0.05) is 37.0 Å². The first kappa shape index (κ1) is 24.7. The van der Waals surface area contributed by atoms with Crippen molar-refractivity contribution in [3.63, 3.8) is 0 Å². The molecule has 3 heterocycles. The van der Waals surface area contributed by atoms with E-state index in [9.17, 15) is 14.4 Å². The Kier molecular flexibility index (Phi) is 7.23. The number of H-pyrrole nitrogens is 1. The molecule has 2 aliphatic heterocycles. The topological polar surface area (TPSA) is 107 Å². The molecule has 36 heavy (non-hydrogen) atoms. The molecule has 4 aliphatic rings. The number of rotatable bonds is 3. The van der Waals surface area contributed by atoms with E-state index in [2.05, 4.69) is 27.8 Å². The van der Waals surface area contributed by atoms with E-state index in [1.165, 1.54) is 61.9 Å². The molecular weight excluding hydrogens is 454 g/mol. The molecule has 2 unspecified atom stereocenters. The first-order chi connectivity index (χ1) is 17.4. The van der Waals surface area contributed by atoms with Crippen molar-refractivity contribution in [2.75, 3.05) is 0 Å². The zero-order valence-electron chi connectivity index (χ0n) is 21.4. The third kappa shape index (κ3) is 5.24. The van der Waals surface area contributed by atoms with Gasteiger partial charge in [0.25, 0.3) is 5.91 Å². The van der Waals surface area contributed by atoms with E-state index >= 15 is 0 Å². The molecule has 3 amide bonds.